The highest BCUT2D eigenvalue weighted by molar-refractivity contribution is 7.92. The summed E-state index contributed by atoms with van der Waals surface area (Å²) in [7, 11) is -3.42. The minimum Gasteiger partial charge on any atom is -0.334 e. The highest BCUT2D eigenvalue weighted by atomic mass is 32.2. The maximum Gasteiger partial charge on any atom is 0.229 e. The summed E-state index contributed by atoms with van der Waals surface area (Å²) in [5.41, 5.74) is 3.67. The monoisotopic (exact) mass is 424 g/mol. The van der Waals surface area contributed by atoms with Crippen LogP contribution >= 0.6 is 0 Å². The van der Waals surface area contributed by atoms with Crippen molar-refractivity contribution in [2.75, 3.05) is 16.3 Å². The molecule has 0 atom stereocenters. The topological polar surface area (TPSA) is 93.1 Å². The molecule has 156 valence electrons. The van der Waals surface area contributed by atoms with Crippen molar-refractivity contribution < 1.29 is 13.2 Å². The Morgan fingerprint density at radius 2 is 1.87 bits per heavy atom. The number of hydrogen-bond donors (Lipinski definition) is 2. The van der Waals surface area contributed by atoms with Crippen molar-refractivity contribution >= 4 is 27.3 Å². The molecule has 30 heavy (non-hydrogen) atoms. The van der Waals surface area contributed by atoms with Crippen LogP contribution in [0.2, 0.25) is 0 Å². The third kappa shape index (κ3) is 4.88. The van der Waals surface area contributed by atoms with Crippen LogP contribution in [0.4, 0.5) is 11.4 Å². The Kier molecular flexibility index (Phi) is 5.59. The molecule has 0 saturated heterocycles. The molecule has 0 saturated carbocycles. The van der Waals surface area contributed by atoms with Crippen molar-refractivity contribution in [2.45, 2.75) is 32.2 Å². The normalized spacial score (nSPS) is 13.5. The van der Waals surface area contributed by atoms with Gasteiger partial charge in [0.1, 0.15) is 5.82 Å². The molecule has 3 aromatic rings. The van der Waals surface area contributed by atoms with Gasteiger partial charge in [0.2, 0.25) is 15.9 Å². The summed E-state index contributed by atoms with van der Waals surface area (Å²) in [5.74, 6) is 0.915. The van der Waals surface area contributed by atoms with Crippen LogP contribution < -0.4 is 10.0 Å². The Morgan fingerprint density at radius 1 is 1.10 bits per heavy atom. The molecule has 1 aliphatic rings. The number of carbonyl (C=O) groups excluding carboxylic acids is 1. The number of hydrogen-bond acceptors (Lipinski definition) is 4. The number of anilines is 2. The van der Waals surface area contributed by atoms with Crippen molar-refractivity contribution in [3.8, 4) is 11.3 Å². The van der Waals surface area contributed by atoms with Gasteiger partial charge in [-0.25, -0.2) is 13.4 Å². The number of amides is 1. The number of nitrogens with one attached hydrogen (secondary N) is 2. The fraction of sp³-hybridized carbons (Fsp3) is 0.273. The lowest BCUT2D eigenvalue weighted by atomic mass is 10.1. The number of carbonyl (C=O) groups is 1. The molecule has 1 aromatic heterocycles. The molecule has 2 N–H and O–H groups in total. The highest BCUT2D eigenvalue weighted by Crippen LogP contribution is 2.24. The van der Waals surface area contributed by atoms with E-state index in [1.165, 1.54) is 12.8 Å². The van der Waals surface area contributed by atoms with Gasteiger partial charge in [-0.3, -0.25) is 9.52 Å². The number of fused-ring (bicyclic) bond motifs is 1. The number of aromatic nitrogens is 2. The number of benzene rings is 2. The third-order valence-electron chi connectivity index (χ3n) is 5.04. The van der Waals surface area contributed by atoms with Crippen LogP contribution in [-0.2, 0) is 34.2 Å². The molecule has 4 rings (SSSR count). The summed E-state index contributed by atoms with van der Waals surface area (Å²) in [6.45, 7) is 1.02. The van der Waals surface area contributed by atoms with Crippen molar-refractivity contribution in [1.29, 1.82) is 0 Å². The zero-order valence-electron chi connectivity index (χ0n) is 16.8. The van der Waals surface area contributed by atoms with E-state index in [1.54, 1.807) is 24.3 Å². The predicted molar refractivity (Wildman–Crippen MR) is 118 cm³/mol. The fourth-order valence-corrected chi connectivity index (χ4v) is 4.23. The lowest BCUT2D eigenvalue weighted by Crippen LogP contribution is -2.17. The van der Waals surface area contributed by atoms with E-state index in [1.807, 2.05) is 24.3 Å². The molecular formula is C22H24N4O3S. The van der Waals surface area contributed by atoms with E-state index in [0.717, 1.165) is 36.3 Å². The first-order chi connectivity index (χ1) is 14.4. The molecule has 2 aromatic carbocycles. The maximum atomic E-state index is 12.5. The lowest BCUT2D eigenvalue weighted by molar-refractivity contribution is -0.115. The first-order valence-corrected chi connectivity index (χ1v) is 11.8. The predicted octanol–water partition coefficient (Wildman–Crippen LogP) is 3.44. The number of sulfonamides is 1. The number of para-hydroxylation sites is 1. The molecule has 0 fully saturated rings. The Hall–Kier alpha value is -3.13. The molecule has 1 amide bonds. The quantitative estimate of drug-likeness (QED) is 0.634. The van der Waals surface area contributed by atoms with Gasteiger partial charge in [-0.15, -0.1) is 0 Å². The van der Waals surface area contributed by atoms with Gasteiger partial charge in [-0.2, -0.15) is 0 Å². The minimum absolute atomic E-state index is 0.0637. The van der Waals surface area contributed by atoms with Crippen LogP contribution in [0.15, 0.2) is 54.7 Å². The van der Waals surface area contributed by atoms with Crippen molar-refractivity contribution in [3.63, 3.8) is 0 Å². The van der Waals surface area contributed by atoms with Gasteiger partial charge in [-0.1, -0.05) is 30.3 Å². The van der Waals surface area contributed by atoms with E-state index in [-0.39, 0.29) is 12.3 Å². The fourth-order valence-electron chi connectivity index (χ4n) is 3.63. The SMILES string of the molecule is CS(=O)(=O)Nc1ccccc1CC(=O)Nc1ccc(-c2cn3c(n2)CCCC3)cc1. The summed E-state index contributed by atoms with van der Waals surface area (Å²) < 4.78 is 27.7. The first kappa shape index (κ1) is 20.2. The van der Waals surface area contributed by atoms with Gasteiger partial charge >= 0.3 is 0 Å². The van der Waals surface area contributed by atoms with Crippen molar-refractivity contribution in [2.24, 2.45) is 0 Å². The molecule has 0 unspecified atom stereocenters. The Balaban J connectivity index is 1.43. The molecular weight excluding hydrogens is 400 g/mol. The van der Waals surface area contributed by atoms with E-state index in [2.05, 4.69) is 20.8 Å². The van der Waals surface area contributed by atoms with Crippen LogP contribution in [0, 0.1) is 0 Å². The van der Waals surface area contributed by atoms with Gasteiger partial charge < -0.3 is 9.88 Å². The third-order valence-corrected chi connectivity index (χ3v) is 5.63. The molecule has 0 aliphatic carbocycles. The zero-order chi connectivity index (χ0) is 21.1. The Morgan fingerprint density at radius 3 is 2.60 bits per heavy atom. The van der Waals surface area contributed by atoms with Gasteiger partial charge in [0.25, 0.3) is 0 Å². The first-order valence-electron chi connectivity index (χ1n) is 9.89. The van der Waals surface area contributed by atoms with E-state index in [4.69, 9.17) is 4.98 Å². The average molecular weight is 425 g/mol. The Bertz CT molecular complexity index is 1140. The van der Waals surface area contributed by atoms with E-state index >= 15 is 0 Å². The van der Waals surface area contributed by atoms with E-state index < -0.39 is 10.0 Å². The largest absolute Gasteiger partial charge is 0.334 e. The van der Waals surface area contributed by atoms with Gasteiger partial charge in [-0.05, 0) is 36.6 Å². The van der Waals surface area contributed by atoms with Crippen LogP contribution in [0.1, 0.15) is 24.2 Å². The lowest BCUT2D eigenvalue weighted by Gasteiger charge is -2.11. The number of rotatable bonds is 6. The van der Waals surface area contributed by atoms with Crippen LogP contribution in [0.5, 0.6) is 0 Å². The molecule has 8 heteroatoms. The van der Waals surface area contributed by atoms with Crippen molar-refractivity contribution in [1.82, 2.24) is 9.55 Å². The molecule has 0 spiro atoms. The van der Waals surface area contributed by atoms with Gasteiger partial charge in [0, 0.05) is 30.4 Å². The second-order valence-electron chi connectivity index (χ2n) is 7.53. The summed E-state index contributed by atoms with van der Waals surface area (Å²) in [6.07, 6.45) is 6.63. The second-order valence-corrected chi connectivity index (χ2v) is 9.28. The molecule has 0 bridgehead atoms. The highest BCUT2D eigenvalue weighted by Gasteiger charge is 2.14. The molecule has 2 heterocycles. The summed E-state index contributed by atoms with van der Waals surface area (Å²) in [6, 6.07) is 14.5. The number of aryl methyl sites for hydroxylation is 2. The van der Waals surface area contributed by atoms with E-state index in [0.29, 0.717) is 16.9 Å². The standard InChI is InChI=1S/C22H24N4O3S/c1-30(28,29)25-19-7-3-2-6-17(19)14-22(27)23-18-11-9-16(10-12-18)20-15-26-13-5-4-8-21(26)24-20/h2-3,6-7,9-12,15,25H,4-5,8,13-14H2,1H3,(H,23,27). The summed E-state index contributed by atoms with van der Waals surface area (Å²) in [4.78, 5) is 17.2. The smallest absolute Gasteiger partial charge is 0.229 e. The van der Waals surface area contributed by atoms with Crippen molar-refractivity contribution in [3.05, 3.63) is 66.1 Å². The molecule has 7 nitrogen and oxygen atoms in total. The zero-order valence-corrected chi connectivity index (χ0v) is 17.6. The van der Waals surface area contributed by atoms with Crippen LogP contribution in [-0.4, -0.2) is 30.1 Å². The summed E-state index contributed by atoms with van der Waals surface area (Å²) in [5, 5.41) is 2.87. The van der Waals surface area contributed by atoms with Crippen LogP contribution in [0.25, 0.3) is 11.3 Å². The maximum absolute atomic E-state index is 12.5. The van der Waals surface area contributed by atoms with Crippen LogP contribution in [0.3, 0.4) is 0 Å². The molecule has 1 aliphatic heterocycles. The average Bonchev–Trinajstić information content (AvgIpc) is 3.13. The Labute approximate surface area is 176 Å². The van der Waals surface area contributed by atoms with Gasteiger partial charge in [0.05, 0.1) is 24.1 Å². The summed E-state index contributed by atoms with van der Waals surface area (Å²) >= 11 is 0. The number of imidazole rings is 1. The van der Waals surface area contributed by atoms with Gasteiger partial charge in [0.15, 0.2) is 0 Å². The molecule has 0 radical (unpaired) electrons. The second kappa shape index (κ2) is 8.31. The minimum atomic E-state index is -3.42. The van der Waals surface area contributed by atoms with E-state index in [9.17, 15) is 13.2 Å². The number of nitrogens with zero attached hydrogens (tertiary/aromatic N) is 2.